The van der Waals surface area contributed by atoms with E-state index in [0.717, 1.165) is 19.2 Å². The van der Waals surface area contributed by atoms with Crippen molar-refractivity contribution in [2.24, 2.45) is 0 Å². The predicted octanol–water partition coefficient (Wildman–Crippen LogP) is 3.66. The monoisotopic (exact) mass is 334 g/mol. The number of nitrogens with zero attached hydrogens (tertiary/aromatic N) is 1. The lowest BCUT2D eigenvalue weighted by molar-refractivity contribution is 0.210. The number of halogens is 4. The van der Waals surface area contributed by atoms with Gasteiger partial charge in [0, 0.05) is 20.2 Å². The van der Waals surface area contributed by atoms with E-state index in [2.05, 4.69) is 5.32 Å². The summed E-state index contributed by atoms with van der Waals surface area (Å²) in [4.78, 5) is 1.99. The van der Waals surface area contributed by atoms with Crippen LogP contribution in [0.3, 0.4) is 0 Å². The molecule has 23 heavy (non-hydrogen) atoms. The fraction of sp³-hybridized carbons (Fsp3) is 0.500. The second kappa shape index (κ2) is 9.52. The van der Waals surface area contributed by atoms with Gasteiger partial charge in [-0.3, -0.25) is 0 Å². The Morgan fingerprint density at radius 1 is 1.00 bits per heavy atom. The SMILES string of the molecule is CCN(CC)CC=Cc1c(F)c(F)c(NCCOC)c(F)c1F. The zero-order valence-corrected chi connectivity index (χ0v) is 13.6. The molecule has 0 aromatic heterocycles. The van der Waals surface area contributed by atoms with Gasteiger partial charge in [-0.25, -0.2) is 17.6 Å². The Morgan fingerprint density at radius 3 is 2.04 bits per heavy atom. The van der Waals surface area contributed by atoms with Crippen molar-refractivity contribution in [1.82, 2.24) is 4.90 Å². The number of hydrogen-bond donors (Lipinski definition) is 1. The molecule has 0 aliphatic carbocycles. The third-order valence-electron chi connectivity index (χ3n) is 3.45. The average Bonchev–Trinajstić information content (AvgIpc) is 2.56. The molecule has 1 aromatic rings. The molecule has 3 nitrogen and oxygen atoms in total. The summed E-state index contributed by atoms with van der Waals surface area (Å²) < 4.78 is 60.5. The quantitative estimate of drug-likeness (QED) is 0.424. The van der Waals surface area contributed by atoms with Crippen molar-refractivity contribution < 1.29 is 22.3 Å². The van der Waals surface area contributed by atoms with E-state index in [1.165, 1.54) is 13.2 Å². The van der Waals surface area contributed by atoms with Crippen molar-refractivity contribution in [2.45, 2.75) is 13.8 Å². The normalized spacial score (nSPS) is 11.7. The van der Waals surface area contributed by atoms with Gasteiger partial charge >= 0.3 is 0 Å². The molecule has 0 amide bonds. The summed E-state index contributed by atoms with van der Waals surface area (Å²) in [7, 11) is 1.40. The van der Waals surface area contributed by atoms with Crippen LogP contribution in [-0.2, 0) is 4.74 Å². The Kier molecular flexibility index (Phi) is 8.05. The molecule has 0 atom stereocenters. The zero-order valence-electron chi connectivity index (χ0n) is 13.6. The van der Waals surface area contributed by atoms with Crippen LogP contribution in [-0.4, -0.2) is 44.8 Å². The molecular weight excluding hydrogens is 312 g/mol. The van der Waals surface area contributed by atoms with Gasteiger partial charge < -0.3 is 15.0 Å². The molecule has 0 spiro atoms. The third kappa shape index (κ3) is 4.94. The highest BCUT2D eigenvalue weighted by Crippen LogP contribution is 2.28. The first kappa shape index (κ1) is 19.4. The Labute approximate surface area is 133 Å². The number of methoxy groups -OCH3 is 1. The molecule has 130 valence electrons. The largest absolute Gasteiger partial charge is 0.383 e. The number of nitrogens with one attached hydrogen (secondary N) is 1. The van der Waals surface area contributed by atoms with Gasteiger partial charge in [0.15, 0.2) is 23.3 Å². The van der Waals surface area contributed by atoms with Gasteiger partial charge in [-0.2, -0.15) is 0 Å². The van der Waals surface area contributed by atoms with Crippen LogP contribution in [0.1, 0.15) is 19.4 Å². The van der Waals surface area contributed by atoms with Crippen molar-refractivity contribution in [3.63, 3.8) is 0 Å². The summed E-state index contributed by atoms with van der Waals surface area (Å²) in [6.45, 7) is 6.02. The molecule has 1 N–H and O–H groups in total. The van der Waals surface area contributed by atoms with E-state index < -0.39 is 34.5 Å². The first-order valence-corrected chi connectivity index (χ1v) is 7.45. The Hall–Kier alpha value is -1.60. The Morgan fingerprint density at radius 2 is 1.57 bits per heavy atom. The van der Waals surface area contributed by atoms with Gasteiger partial charge in [0.2, 0.25) is 0 Å². The Balaban J connectivity index is 3.04. The molecular formula is C16H22F4N2O. The van der Waals surface area contributed by atoms with Gasteiger partial charge in [0.25, 0.3) is 0 Å². The van der Waals surface area contributed by atoms with Gasteiger partial charge in [0.05, 0.1) is 12.2 Å². The van der Waals surface area contributed by atoms with Gasteiger partial charge in [0.1, 0.15) is 5.69 Å². The van der Waals surface area contributed by atoms with Crippen LogP contribution in [0, 0.1) is 23.3 Å². The molecule has 0 bridgehead atoms. The molecule has 0 saturated carbocycles. The second-order valence-electron chi connectivity index (χ2n) is 4.85. The van der Waals surface area contributed by atoms with Crippen molar-refractivity contribution in [2.75, 3.05) is 45.2 Å². The summed E-state index contributed by atoms with van der Waals surface area (Å²) in [5.74, 6) is -5.72. The van der Waals surface area contributed by atoms with Crippen molar-refractivity contribution in [3.8, 4) is 0 Å². The van der Waals surface area contributed by atoms with Crippen LogP contribution >= 0.6 is 0 Å². The standard InChI is InChI=1S/C16H22F4N2O/c1-4-22(5-2)9-6-7-11-12(17)14(19)16(15(20)13(11)18)21-8-10-23-3/h6-7,21H,4-5,8-10H2,1-3H3. The van der Waals surface area contributed by atoms with E-state index in [1.54, 1.807) is 0 Å². The van der Waals surface area contributed by atoms with Crippen molar-refractivity contribution in [3.05, 3.63) is 34.9 Å². The molecule has 0 unspecified atom stereocenters. The third-order valence-corrected chi connectivity index (χ3v) is 3.45. The first-order chi connectivity index (χ1) is 11.0. The molecule has 0 aliphatic heterocycles. The summed E-state index contributed by atoms with van der Waals surface area (Å²) in [6.07, 6.45) is 2.54. The number of hydrogen-bond acceptors (Lipinski definition) is 3. The van der Waals surface area contributed by atoms with E-state index in [-0.39, 0.29) is 13.2 Å². The van der Waals surface area contributed by atoms with Crippen molar-refractivity contribution in [1.29, 1.82) is 0 Å². The molecule has 0 heterocycles. The Bertz CT molecular complexity index is 516. The minimum Gasteiger partial charge on any atom is -0.383 e. The van der Waals surface area contributed by atoms with Crippen LogP contribution in [0.2, 0.25) is 0 Å². The summed E-state index contributed by atoms with van der Waals surface area (Å²) in [5.41, 5.74) is -1.54. The molecule has 1 aromatic carbocycles. The van der Waals surface area contributed by atoms with E-state index in [1.807, 2.05) is 18.7 Å². The summed E-state index contributed by atoms with van der Waals surface area (Å²) in [6, 6.07) is 0. The van der Waals surface area contributed by atoms with Crippen LogP contribution in [0.15, 0.2) is 6.08 Å². The van der Waals surface area contributed by atoms with E-state index in [9.17, 15) is 17.6 Å². The van der Waals surface area contributed by atoms with Crippen LogP contribution in [0.4, 0.5) is 23.2 Å². The molecule has 0 radical (unpaired) electrons. The highest BCUT2D eigenvalue weighted by molar-refractivity contribution is 5.58. The number of benzene rings is 1. The van der Waals surface area contributed by atoms with Crippen molar-refractivity contribution >= 4 is 11.8 Å². The lowest BCUT2D eigenvalue weighted by atomic mass is 10.1. The summed E-state index contributed by atoms with van der Waals surface area (Å²) >= 11 is 0. The lowest BCUT2D eigenvalue weighted by Gasteiger charge is -2.15. The highest BCUT2D eigenvalue weighted by Gasteiger charge is 2.23. The minimum atomic E-state index is -1.44. The van der Waals surface area contributed by atoms with Crippen LogP contribution < -0.4 is 5.32 Å². The molecule has 0 fully saturated rings. The van der Waals surface area contributed by atoms with E-state index >= 15 is 0 Å². The van der Waals surface area contributed by atoms with Gasteiger partial charge in [-0.05, 0) is 13.1 Å². The number of rotatable bonds is 9. The predicted molar refractivity (Wildman–Crippen MR) is 83.5 cm³/mol. The van der Waals surface area contributed by atoms with E-state index in [4.69, 9.17) is 4.74 Å². The zero-order chi connectivity index (χ0) is 17.4. The molecule has 0 saturated heterocycles. The first-order valence-electron chi connectivity index (χ1n) is 7.45. The minimum absolute atomic E-state index is 0.0281. The molecule has 0 aliphatic rings. The number of likely N-dealkylation sites (N-methyl/N-ethyl adjacent to an activating group) is 1. The molecule has 7 heteroatoms. The van der Waals surface area contributed by atoms with Crippen LogP contribution in [0.5, 0.6) is 0 Å². The second-order valence-corrected chi connectivity index (χ2v) is 4.85. The van der Waals surface area contributed by atoms with Crippen LogP contribution in [0.25, 0.3) is 6.08 Å². The van der Waals surface area contributed by atoms with Gasteiger partial charge in [-0.1, -0.05) is 26.0 Å². The summed E-state index contributed by atoms with van der Waals surface area (Å²) in [5, 5.41) is 2.30. The number of anilines is 1. The fourth-order valence-electron chi connectivity index (χ4n) is 2.03. The maximum Gasteiger partial charge on any atom is 0.185 e. The van der Waals surface area contributed by atoms with E-state index in [0.29, 0.717) is 6.54 Å². The smallest absolute Gasteiger partial charge is 0.185 e. The maximum atomic E-state index is 14.0. The topological polar surface area (TPSA) is 24.5 Å². The maximum absolute atomic E-state index is 14.0. The fourth-order valence-corrected chi connectivity index (χ4v) is 2.03. The molecule has 1 rings (SSSR count). The lowest BCUT2D eigenvalue weighted by Crippen LogP contribution is -2.22. The average molecular weight is 334 g/mol. The number of ether oxygens (including phenoxy) is 1. The van der Waals surface area contributed by atoms with Gasteiger partial charge in [-0.15, -0.1) is 0 Å². The highest BCUT2D eigenvalue weighted by atomic mass is 19.2.